The van der Waals surface area contributed by atoms with Crippen LogP contribution in [-0.2, 0) is 11.3 Å². The fourth-order valence-corrected chi connectivity index (χ4v) is 3.24. The Morgan fingerprint density at radius 2 is 2.05 bits per heavy atom. The second-order valence-electron chi connectivity index (χ2n) is 5.79. The summed E-state index contributed by atoms with van der Waals surface area (Å²) in [7, 11) is 0. The van der Waals surface area contributed by atoms with Crippen molar-refractivity contribution in [1.29, 1.82) is 0 Å². The van der Waals surface area contributed by atoms with Gasteiger partial charge in [0.1, 0.15) is 6.10 Å². The van der Waals surface area contributed by atoms with Crippen LogP contribution < -0.4 is 5.32 Å². The van der Waals surface area contributed by atoms with Crippen molar-refractivity contribution in [2.75, 3.05) is 13.2 Å². The molecule has 3 unspecified atom stereocenters. The highest BCUT2D eigenvalue weighted by Gasteiger charge is 2.34. The van der Waals surface area contributed by atoms with E-state index >= 15 is 0 Å². The lowest BCUT2D eigenvalue weighted by Crippen LogP contribution is -2.35. The van der Waals surface area contributed by atoms with Gasteiger partial charge in [-0.15, -0.1) is 10.2 Å². The highest BCUT2D eigenvalue weighted by Crippen LogP contribution is 2.35. The summed E-state index contributed by atoms with van der Waals surface area (Å²) in [6.45, 7) is 4.85. The van der Waals surface area contributed by atoms with E-state index in [-0.39, 0.29) is 12.1 Å². The summed E-state index contributed by atoms with van der Waals surface area (Å²) >= 11 is 0. The smallest absolute Gasteiger partial charge is 0.162 e. The quantitative estimate of drug-likeness (QED) is 0.905. The van der Waals surface area contributed by atoms with Gasteiger partial charge < -0.3 is 14.6 Å². The lowest BCUT2D eigenvalue weighted by molar-refractivity contribution is 0.0832. The fraction of sp³-hybridized carbons (Fsp3) is 0.533. The van der Waals surface area contributed by atoms with Gasteiger partial charge in [-0.1, -0.05) is 6.92 Å². The summed E-state index contributed by atoms with van der Waals surface area (Å²) < 4.78 is 8.09. The Morgan fingerprint density at radius 1 is 1.24 bits per heavy atom. The molecule has 21 heavy (non-hydrogen) atoms. The van der Waals surface area contributed by atoms with Gasteiger partial charge in [0.2, 0.25) is 0 Å². The van der Waals surface area contributed by atoms with Crippen molar-refractivity contribution < 1.29 is 4.74 Å². The number of rotatable bonds is 2. The van der Waals surface area contributed by atoms with E-state index < -0.39 is 0 Å². The summed E-state index contributed by atoms with van der Waals surface area (Å²) in [6.07, 6.45) is 4.81. The SMILES string of the molecule is CC1CCOC1c1nnc2n1CCNC2c1ccncc1. The first kappa shape index (κ1) is 12.9. The Hall–Kier alpha value is -1.79. The number of ether oxygens (including phenoxy) is 1. The maximum absolute atomic E-state index is 5.86. The molecule has 0 radical (unpaired) electrons. The number of fused-ring (bicyclic) bond motifs is 1. The zero-order valence-corrected chi connectivity index (χ0v) is 12.1. The van der Waals surface area contributed by atoms with Crippen LogP contribution in [0.4, 0.5) is 0 Å². The van der Waals surface area contributed by atoms with Gasteiger partial charge in [-0.2, -0.15) is 0 Å². The van der Waals surface area contributed by atoms with Crippen LogP contribution in [0.2, 0.25) is 0 Å². The molecule has 0 aromatic carbocycles. The van der Waals surface area contributed by atoms with Crippen LogP contribution in [0.3, 0.4) is 0 Å². The third-order valence-electron chi connectivity index (χ3n) is 4.43. The molecule has 4 heterocycles. The third kappa shape index (κ3) is 2.15. The fourth-order valence-electron chi connectivity index (χ4n) is 3.24. The van der Waals surface area contributed by atoms with E-state index in [0.29, 0.717) is 5.92 Å². The van der Waals surface area contributed by atoms with Gasteiger partial charge in [0.15, 0.2) is 11.6 Å². The van der Waals surface area contributed by atoms with E-state index in [0.717, 1.165) is 37.8 Å². The molecule has 0 amide bonds. The summed E-state index contributed by atoms with van der Waals surface area (Å²) in [6, 6.07) is 4.13. The van der Waals surface area contributed by atoms with Crippen LogP contribution >= 0.6 is 0 Å². The standard InChI is InChI=1S/C15H19N5O/c1-10-4-9-21-13(10)15-19-18-14-12(17-7-8-20(14)15)11-2-5-16-6-3-11/h2-3,5-6,10,12-13,17H,4,7-9H2,1H3. The largest absolute Gasteiger partial charge is 0.370 e. The number of hydrogen-bond acceptors (Lipinski definition) is 5. The van der Waals surface area contributed by atoms with Gasteiger partial charge in [-0.05, 0) is 30.0 Å². The number of hydrogen-bond donors (Lipinski definition) is 1. The summed E-state index contributed by atoms with van der Waals surface area (Å²) in [5.41, 5.74) is 1.17. The molecule has 2 aromatic heterocycles. The Morgan fingerprint density at radius 3 is 2.81 bits per heavy atom. The molecule has 6 nitrogen and oxygen atoms in total. The van der Waals surface area contributed by atoms with Crippen molar-refractivity contribution in [3.8, 4) is 0 Å². The molecular weight excluding hydrogens is 266 g/mol. The molecule has 110 valence electrons. The minimum absolute atomic E-state index is 0.0831. The first-order valence-electron chi connectivity index (χ1n) is 7.52. The highest BCUT2D eigenvalue weighted by molar-refractivity contribution is 5.24. The molecule has 0 aliphatic carbocycles. The molecule has 3 atom stereocenters. The van der Waals surface area contributed by atoms with Gasteiger partial charge >= 0.3 is 0 Å². The number of aromatic nitrogens is 4. The lowest BCUT2D eigenvalue weighted by Gasteiger charge is -2.26. The minimum Gasteiger partial charge on any atom is -0.370 e. The molecule has 0 bridgehead atoms. The molecule has 2 aliphatic heterocycles. The van der Waals surface area contributed by atoms with Gasteiger partial charge in [-0.3, -0.25) is 4.98 Å². The molecule has 0 spiro atoms. The normalized spacial score (nSPS) is 28.5. The molecule has 2 aliphatic rings. The highest BCUT2D eigenvalue weighted by atomic mass is 16.5. The molecule has 2 aromatic rings. The molecule has 1 fully saturated rings. The van der Waals surface area contributed by atoms with Gasteiger partial charge in [0, 0.05) is 32.1 Å². The monoisotopic (exact) mass is 285 g/mol. The van der Waals surface area contributed by atoms with Crippen molar-refractivity contribution in [2.45, 2.75) is 32.0 Å². The first-order chi connectivity index (χ1) is 10.3. The Labute approximate surface area is 123 Å². The number of nitrogens with one attached hydrogen (secondary N) is 1. The van der Waals surface area contributed by atoms with Gasteiger partial charge in [0.05, 0.1) is 6.04 Å². The predicted molar refractivity (Wildman–Crippen MR) is 76.6 cm³/mol. The van der Waals surface area contributed by atoms with E-state index in [1.165, 1.54) is 5.56 Å². The van der Waals surface area contributed by atoms with Gasteiger partial charge in [0.25, 0.3) is 0 Å². The molecule has 4 rings (SSSR count). The second kappa shape index (κ2) is 5.20. The Balaban J connectivity index is 1.72. The van der Waals surface area contributed by atoms with E-state index in [4.69, 9.17) is 4.74 Å². The first-order valence-corrected chi connectivity index (χ1v) is 7.52. The summed E-state index contributed by atoms with van der Waals surface area (Å²) in [5.74, 6) is 2.47. The van der Waals surface area contributed by atoms with E-state index in [9.17, 15) is 0 Å². The molecule has 1 saturated heterocycles. The zero-order valence-electron chi connectivity index (χ0n) is 12.1. The Kier molecular flexibility index (Phi) is 3.20. The number of nitrogens with zero attached hydrogens (tertiary/aromatic N) is 4. The predicted octanol–water partition coefficient (Wildman–Crippen LogP) is 1.46. The summed E-state index contributed by atoms with van der Waals surface area (Å²) in [4.78, 5) is 4.08. The van der Waals surface area contributed by atoms with Crippen LogP contribution in [0, 0.1) is 5.92 Å². The Bertz CT molecular complexity index is 626. The van der Waals surface area contributed by atoms with E-state index in [1.54, 1.807) is 0 Å². The van der Waals surface area contributed by atoms with Crippen molar-refractivity contribution >= 4 is 0 Å². The van der Waals surface area contributed by atoms with Crippen molar-refractivity contribution in [2.24, 2.45) is 5.92 Å². The summed E-state index contributed by atoms with van der Waals surface area (Å²) in [5, 5.41) is 12.4. The van der Waals surface area contributed by atoms with Crippen LogP contribution in [0.15, 0.2) is 24.5 Å². The van der Waals surface area contributed by atoms with Crippen LogP contribution in [0.1, 0.15) is 42.7 Å². The molecular formula is C15H19N5O. The van der Waals surface area contributed by atoms with Crippen LogP contribution in [-0.4, -0.2) is 32.9 Å². The van der Waals surface area contributed by atoms with Crippen molar-refractivity contribution in [1.82, 2.24) is 25.1 Å². The lowest BCUT2D eigenvalue weighted by atomic mass is 10.0. The van der Waals surface area contributed by atoms with Crippen molar-refractivity contribution in [3.63, 3.8) is 0 Å². The van der Waals surface area contributed by atoms with Gasteiger partial charge in [-0.25, -0.2) is 0 Å². The maximum atomic E-state index is 5.86. The topological polar surface area (TPSA) is 64.9 Å². The van der Waals surface area contributed by atoms with E-state index in [1.807, 2.05) is 24.5 Å². The second-order valence-corrected chi connectivity index (χ2v) is 5.79. The molecule has 0 saturated carbocycles. The third-order valence-corrected chi connectivity index (χ3v) is 4.43. The van der Waals surface area contributed by atoms with Crippen LogP contribution in [0.25, 0.3) is 0 Å². The molecule has 6 heteroatoms. The average Bonchev–Trinajstić information content (AvgIpc) is 3.13. The zero-order chi connectivity index (χ0) is 14.2. The van der Waals surface area contributed by atoms with E-state index in [2.05, 4.69) is 32.0 Å². The number of pyridine rings is 1. The minimum atomic E-state index is 0.0831. The van der Waals surface area contributed by atoms with Crippen molar-refractivity contribution in [3.05, 3.63) is 41.7 Å². The maximum Gasteiger partial charge on any atom is 0.162 e. The average molecular weight is 285 g/mol. The van der Waals surface area contributed by atoms with Crippen LogP contribution in [0.5, 0.6) is 0 Å². The molecule has 1 N–H and O–H groups in total.